The minimum Gasteiger partial charge on any atom is -0.379 e. The molecule has 0 unspecified atom stereocenters. The van der Waals surface area contributed by atoms with Crippen LogP contribution in [0.15, 0.2) is 29.3 Å². The Morgan fingerprint density at radius 2 is 1.97 bits per heavy atom. The molecule has 1 amide bonds. The number of hydrogen-bond acceptors (Lipinski definition) is 4. The molecule has 1 aliphatic carbocycles. The first-order valence-corrected chi connectivity index (χ1v) is 10.7. The first-order chi connectivity index (χ1) is 14.0. The van der Waals surface area contributed by atoms with E-state index in [2.05, 4.69) is 26.6 Å². The molecule has 29 heavy (non-hydrogen) atoms. The van der Waals surface area contributed by atoms with Crippen molar-refractivity contribution in [3.05, 3.63) is 34.9 Å². The maximum absolute atomic E-state index is 12.0. The number of hydrogen-bond donors (Lipinski definition) is 2. The molecule has 0 atom stereocenters. The molecule has 0 spiro atoms. The normalized spacial score (nSPS) is 18.9. The Morgan fingerprint density at radius 3 is 2.62 bits per heavy atom. The molecule has 0 aromatic heterocycles. The fourth-order valence-corrected chi connectivity index (χ4v) is 3.79. The third-order valence-electron chi connectivity index (χ3n) is 5.59. The van der Waals surface area contributed by atoms with Gasteiger partial charge in [-0.3, -0.25) is 9.69 Å². The lowest BCUT2D eigenvalue weighted by Crippen LogP contribution is -2.46. The number of benzene rings is 1. The van der Waals surface area contributed by atoms with Gasteiger partial charge in [0.1, 0.15) is 6.54 Å². The maximum Gasteiger partial charge on any atom is 0.243 e. The number of nitrogens with zero attached hydrogens (tertiary/aromatic N) is 3. The number of nitrogens with one attached hydrogen (secondary N) is 2. The molecule has 3 rings (SSSR count). The number of guanidine groups is 1. The smallest absolute Gasteiger partial charge is 0.243 e. The van der Waals surface area contributed by atoms with Gasteiger partial charge in [-0.2, -0.15) is 0 Å². The molecule has 2 aliphatic rings. The summed E-state index contributed by atoms with van der Waals surface area (Å²) in [4.78, 5) is 20.4. The number of carbonyl (C=O) groups is 1. The Balaban J connectivity index is 1.57. The van der Waals surface area contributed by atoms with Crippen LogP contribution in [0.2, 0.25) is 5.02 Å². The topological polar surface area (TPSA) is 69.2 Å². The molecule has 8 heteroatoms. The lowest BCUT2D eigenvalue weighted by molar-refractivity contribution is -0.127. The molecule has 1 aromatic rings. The monoisotopic (exact) mass is 421 g/mol. The highest BCUT2D eigenvalue weighted by atomic mass is 35.5. The molecule has 2 N–H and O–H groups in total. The van der Waals surface area contributed by atoms with E-state index in [1.54, 1.807) is 19.0 Å². The molecular formula is C21H32ClN5O2. The van der Waals surface area contributed by atoms with Gasteiger partial charge in [0, 0.05) is 57.3 Å². The summed E-state index contributed by atoms with van der Waals surface area (Å²) in [7, 11) is 3.49. The fourth-order valence-electron chi connectivity index (χ4n) is 3.46. The lowest BCUT2D eigenvalue weighted by atomic mass is 9.96. The molecule has 0 radical (unpaired) electrons. The third-order valence-corrected chi connectivity index (χ3v) is 5.92. The highest BCUT2D eigenvalue weighted by Crippen LogP contribution is 2.49. The van der Waals surface area contributed by atoms with E-state index < -0.39 is 0 Å². The molecule has 160 valence electrons. The summed E-state index contributed by atoms with van der Waals surface area (Å²) >= 11 is 6.43. The summed E-state index contributed by atoms with van der Waals surface area (Å²) in [6.45, 7) is 6.04. The minimum atomic E-state index is -0.0217. The quantitative estimate of drug-likeness (QED) is 0.489. The van der Waals surface area contributed by atoms with Gasteiger partial charge < -0.3 is 20.3 Å². The van der Waals surface area contributed by atoms with E-state index in [9.17, 15) is 4.79 Å². The largest absolute Gasteiger partial charge is 0.379 e. The SMILES string of the molecule is CN(C)C(=O)CN=C(NCCN1CCOCC1)NCC1(c2ccccc2Cl)CC1. The van der Waals surface area contributed by atoms with Crippen molar-refractivity contribution in [2.24, 2.45) is 4.99 Å². The van der Waals surface area contributed by atoms with Gasteiger partial charge in [0.15, 0.2) is 5.96 Å². The zero-order chi connectivity index (χ0) is 20.7. The van der Waals surface area contributed by atoms with E-state index in [1.165, 1.54) is 5.56 Å². The Kier molecular flexibility index (Phi) is 7.75. The highest BCUT2D eigenvalue weighted by Gasteiger charge is 2.45. The number of morpholine rings is 1. The van der Waals surface area contributed by atoms with Gasteiger partial charge in [0.05, 0.1) is 13.2 Å². The van der Waals surface area contributed by atoms with E-state index in [4.69, 9.17) is 16.3 Å². The van der Waals surface area contributed by atoms with Gasteiger partial charge >= 0.3 is 0 Å². The average Bonchev–Trinajstić information content (AvgIpc) is 3.51. The van der Waals surface area contributed by atoms with Crippen molar-refractivity contribution in [1.29, 1.82) is 0 Å². The van der Waals surface area contributed by atoms with Crippen LogP contribution in [-0.2, 0) is 14.9 Å². The van der Waals surface area contributed by atoms with E-state index >= 15 is 0 Å². The van der Waals surface area contributed by atoms with Crippen LogP contribution in [0.5, 0.6) is 0 Å². The predicted octanol–water partition coefficient (Wildman–Crippen LogP) is 1.33. The van der Waals surface area contributed by atoms with E-state index in [0.29, 0.717) is 5.96 Å². The van der Waals surface area contributed by atoms with Crippen molar-refractivity contribution in [1.82, 2.24) is 20.4 Å². The predicted molar refractivity (Wildman–Crippen MR) is 117 cm³/mol. The van der Waals surface area contributed by atoms with E-state index in [1.807, 2.05) is 18.2 Å². The highest BCUT2D eigenvalue weighted by molar-refractivity contribution is 6.31. The Morgan fingerprint density at radius 1 is 1.24 bits per heavy atom. The second-order valence-corrected chi connectivity index (χ2v) is 8.35. The minimum absolute atomic E-state index is 0.0217. The Labute approximate surface area is 178 Å². The Bertz CT molecular complexity index is 715. The van der Waals surface area contributed by atoms with Crippen molar-refractivity contribution in [3.8, 4) is 0 Å². The van der Waals surface area contributed by atoms with Crippen LogP contribution in [-0.4, -0.2) is 88.2 Å². The fraction of sp³-hybridized carbons (Fsp3) is 0.619. The van der Waals surface area contributed by atoms with Crippen molar-refractivity contribution < 1.29 is 9.53 Å². The summed E-state index contributed by atoms with van der Waals surface area (Å²) < 4.78 is 5.40. The molecular weight excluding hydrogens is 390 g/mol. The molecule has 2 fully saturated rings. The van der Waals surface area contributed by atoms with Crippen molar-refractivity contribution in [2.75, 3.05) is 66.6 Å². The molecule has 1 aromatic carbocycles. The zero-order valence-electron chi connectivity index (χ0n) is 17.4. The van der Waals surface area contributed by atoms with E-state index in [0.717, 1.165) is 63.8 Å². The first kappa shape index (κ1) is 21.9. The van der Waals surface area contributed by atoms with E-state index in [-0.39, 0.29) is 17.9 Å². The van der Waals surface area contributed by atoms with Crippen LogP contribution in [0.4, 0.5) is 0 Å². The third kappa shape index (κ3) is 6.32. The molecule has 1 saturated heterocycles. The van der Waals surface area contributed by atoms with Crippen LogP contribution < -0.4 is 10.6 Å². The number of halogens is 1. The number of likely N-dealkylation sites (N-methyl/N-ethyl adjacent to an activating group) is 1. The van der Waals surface area contributed by atoms with Crippen molar-refractivity contribution in [3.63, 3.8) is 0 Å². The van der Waals surface area contributed by atoms with Crippen LogP contribution >= 0.6 is 11.6 Å². The van der Waals surface area contributed by atoms with Crippen molar-refractivity contribution in [2.45, 2.75) is 18.3 Å². The first-order valence-electron chi connectivity index (χ1n) is 10.3. The van der Waals surface area contributed by atoms with Gasteiger partial charge in [-0.1, -0.05) is 29.8 Å². The number of carbonyl (C=O) groups excluding carboxylic acids is 1. The van der Waals surface area contributed by atoms with Gasteiger partial charge in [-0.15, -0.1) is 0 Å². The van der Waals surface area contributed by atoms with Crippen molar-refractivity contribution >= 4 is 23.5 Å². The molecule has 1 saturated carbocycles. The molecule has 1 aliphatic heterocycles. The zero-order valence-corrected chi connectivity index (χ0v) is 18.2. The maximum atomic E-state index is 12.0. The van der Waals surface area contributed by atoms with Crippen LogP contribution in [0.3, 0.4) is 0 Å². The van der Waals surface area contributed by atoms with Gasteiger partial charge in [0.25, 0.3) is 0 Å². The summed E-state index contributed by atoms with van der Waals surface area (Å²) in [5.41, 5.74) is 1.24. The number of rotatable bonds is 8. The summed E-state index contributed by atoms with van der Waals surface area (Å²) in [6, 6.07) is 8.05. The molecule has 7 nitrogen and oxygen atoms in total. The summed E-state index contributed by atoms with van der Waals surface area (Å²) in [6.07, 6.45) is 2.20. The number of ether oxygens (including phenoxy) is 1. The summed E-state index contributed by atoms with van der Waals surface area (Å²) in [5, 5.41) is 7.64. The standard InChI is InChI=1S/C21H32ClN5O2/c1-26(2)19(28)15-24-20(23-9-10-27-11-13-29-14-12-27)25-16-21(7-8-21)17-5-3-4-6-18(17)22/h3-6H,7-16H2,1-2H3,(H2,23,24,25). The van der Waals surface area contributed by atoms with Gasteiger partial charge in [0.2, 0.25) is 5.91 Å². The molecule has 1 heterocycles. The van der Waals surface area contributed by atoms with Gasteiger partial charge in [-0.25, -0.2) is 4.99 Å². The van der Waals surface area contributed by atoms with Crippen LogP contribution in [0.25, 0.3) is 0 Å². The second kappa shape index (κ2) is 10.3. The van der Waals surface area contributed by atoms with Gasteiger partial charge in [-0.05, 0) is 24.5 Å². The van der Waals surface area contributed by atoms with Crippen LogP contribution in [0, 0.1) is 0 Å². The Hall–Kier alpha value is -1.83. The second-order valence-electron chi connectivity index (χ2n) is 7.95. The lowest BCUT2D eigenvalue weighted by Gasteiger charge is -2.27. The number of aliphatic imine (C=N–C) groups is 1. The number of amides is 1. The average molecular weight is 422 g/mol. The summed E-state index contributed by atoms with van der Waals surface area (Å²) in [5.74, 6) is 0.651. The molecule has 0 bridgehead atoms. The van der Waals surface area contributed by atoms with Crippen LogP contribution in [0.1, 0.15) is 18.4 Å².